The topological polar surface area (TPSA) is 102 Å². The number of carbonyl (C=O) groups is 3. The van der Waals surface area contributed by atoms with Crippen molar-refractivity contribution in [2.24, 2.45) is 0 Å². The minimum absolute atomic E-state index is 0.0106. The second kappa shape index (κ2) is 12.2. The van der Waals surface area contributed by atoms with Crippen LogP contribution in [0.5, 0.6) is 0 Å². The second-order valence-corrected chi connectivity index (χ2v) is 11.2. The lowest BCUT2D eigenvalue weighted by atomic mass is 9.96. The third-order valence-corrected chi connectivity index (χ3v) is 7.55. The van der Waals surface area contributed by atoms with Crippen LogP contribution in [0.4, 0.5) is 17.1 Å². The standard InChI is InChI=1S/C30H32Cl2N4O4/c1-19(37)33-24-16-20(17-25(29(39)40)34-28(38)27-22(31)10-7-11-23(27)32)12-13-26(24)35-14-15-36(30(2,3)18-35)21-8-5-4-6-9-21/h4-13,16,25H,14-15,17-18H2,1-3H3,(H,33,37)(H,34,38)(H,39,40)/t25-/m0/s1. The molecule has 1 atom stereocenters. The highest BCUT2D eigenvalue weighted by molar-refractivity contribution is 6.39. The summed E-state index contributed by atoms with van der Waals surface area (Å²) < 4.78 is 0. The zero-order valence-corrected chi connectivity index (χ0v) is 24.1. The molecule has 0 saturated carbocycles. The molecule has 0 aromatic heterocycles. The number of halogens is 2. The van der Waals surface area contributed by atoms with E-state index in [-0.39, 0.29) is 33.5 Å². The van der Waals surface area contributed by atoms with Crippen LogP contribution in [0.1, 0.15) is 36.7 Å². The van der Waals surface area contributed by atoms with Crippen molar-refractivity contribution in [3.05, 3.63) is 87.9 Å². The van der Waals surface area contributed by atoms with E-state index in [9.17, 15) is 19.5 Å². The molecule has 1 aliphatic heterocycles. The minimum atomic E-state index is -1.25. The number of hydrogen-bond donors (Lipinski definition) is 3. The monoisotopic (exact) mass is 582 g/mol. The lowest BCUT2D eigenvalue weighted by molar-refractivity contribution is -0.139. The molecule has 3 aromatic rings. The SMILES string of the molecule is CC(=O)Nc1cc(C[C@H](NC(=O)c2c(Cl)cccc2Cl)C(=O)O)ccc1N1CCN(c2ccccc2)C(C)(C)C1. The van der Waals surface area contributed by atoms with Gasteiger partial charge in [0, 0.05) is 38.7 Å². The van der Waals surface area contributed by atoms with Crippen LogP contribution in [0.2, 0.25) is 10.0 Å². The Bertz CT molecular complexity index is 1390. The highest BCUT2D eigenvalue weighted by atomic mass is 35.5. The van der Waals surface area contributed by atoms with Gasteiger partial charge in [-0.3, -0.25) is 9.59 Å². The van der Waals surface area contributed by atoms with Crippen molar-refractivity contribution in [2.45, 2.75) is 38.8 Å². The van der Waals surface area contributed by atoms with Crippen molar-refractivity contribution in [1.29, 1.82) is 0 Å². The van der Waals surface area contributed by atoms with Crippen LogP contribution >= 0.6 is 23.2 Å². The first-order chi connectivity index (χ1) is 19.0. The molecule has 2 amide bonds. The van der Waals surface area contributed by atoms with Gasteiger partial charge in [-0.2, -0.15) is 0 Å². The van der Waals surface area contributed by atoms with Crippen LogP contribution in [0, 0.1) is 0 Å². The van der Waals surface area contributed by atoms with Crippen molar-refractivity contribution in [3.63, 3.8) is 0 Å². The lowest BCUT2D eigenvalue weighted by Crippen LogP contribution is -2.59. The maximum Gasteiger partial charge on any atom is 0.326 e. The van der Waals surface area contributed by atoms with E-state index in [1.54, 1.807) is 12.1 Å². The lowest BCUT2D eigenvalue weighted by Gasteiger charge is -2.49. The van der Waals surface area contributed by atoms with E-state index in [1.165, 1.54) is 19.1 Å². The summed E-state index contributed by atoms with van der Waals surface area (Å²) in [5.74, 6) is -2.13. The molecule has 1 saturated heterocycles. The Balaban J connectivity index is 1.56. The van der Waals surface area contributed by atoms with Gasteiger partial charge in [0.05, 0.1) is 32.5 Å². The fourth-order valence-corrected chi connectivity index (χ4v) is 5.67. The molecule has 1 fully saturated rings. The molecule has 3 aromatic carbocycles. The zero-order valence-electron chi connectivity index (χ0n) is 22.6. The predicted octanol–water partition coefficient (Wildman–Crippen LogP) is 5.48. The number of rotatable bonds is 8. The summed E-state index contributed by atoms with van der Waals surface area (Å²) in [5, 5.41) is 15.5. The molecule has 8 nitrogen and oxygen atoms in total. The first-order valence-electron chi connectivity index (χ1n) is 12.9. The van der Waals surface area contributed by atoms with Gasteiger partial charge in [0.15, 0.2) is 0 Å². The number of benzene rings is 3. The van der Waals surface area contributed by atoms with Gasteiger partial charge >= 0.3 is 5.97 Å². The zero-order chi connectivity index (χ0) is 29.0. The number of nitrogens with one attached hydrogen (secondary N) is 2. The smallest absolute Gasteiger partial charge is 0.326 e. The van der Waals surface area contributed by atoms with E-state index >= 15 is 0 Å². The van der Waals surface area contributed by atoms with Crippen molar-refractivity contribution in [3.8, 4) is 0 Å². The largest absolute Gasteiger partial charge is 0.480 e. The van der Waals surface area contributed by atoms with Crippen molar-refractivity contribution >= 4 is 58.0 Å². The highest BCUT2D eigenvalue weighted by Crippen LogP contribution is 2.34. The van der Waals surface area contributed by atoms with Gasteiger partial charge in [-0.05, 0) is 55.8 Å². The van der Waals surface area contributed by atoms with Gasteiger partial charge in [-0.25, -0.2) is 4.79 Å². The average molecular weight is 584 g/mol. The quantitative estimate of drug-likeness (QED) is 0.325. The first kappa shape index (κ1) is 29.2. The van der Waals surface area contributed by atoms with Gasteiger partial charge in [0.2, 0.25) is 5.91 Å². The molecule has 1 heterocycles. The van der Waals surface area contributed by atoms with Crippen LogP contribution in [0.25, 0.3) is 0 Å². The van der Waals surface area contributed by atoms with E-state index in [2.05, 4.69) is 46.4 Å². The van der Waals surface area contributed by atoms with Gasteiger partial charge in [-0.15, -0.1) is 0 Å². The number of anilines is 3. The summed E-state index contributed by atoms with van der Waals surface area (Å²) in [6.45, 7) is 8.03. The molecule has 0 aliphatic carbocycles. The molecule has 0 radical (unpaired) electrons. The number of aliphatic carboxylic acids is 1. The van der Waals surface area contributed by atoms with E-state index in [4.69, 9.17) is 23.2 Å². The van der Waals surface area contributed by atoms with Gasteiger partial charge in [0.1, 0.15) is 6.04 Å². The second-order valence-electron chi connectivity index (χ2n) is 10.4. The molecule has 1 aliphatic rings. The van der Waals surface area contributed by atoms with E-state index in [0.29, 0.717) is 17.8 Å². The fourth-order valence-electron chi connectivity index (χ4n) is 5.10. The fraction of sp³-hybridized carbons (Fsp3) is 0.300. The van der Waals surface area contributed by atoms with E-state index in [1.807, 2.05) is 30.3 Å². The summed E-state index contributed by atoms with van der Waals surface area (Å²) in [7, 11) is 0. The summed E-state index contributed by atoms with van der Waals surface area (Å²) in [6.07, 6.45) is -0.0106. The first-order valence-corrected chi connectivity index (χ1v) is 13.7. The molecular weight excluding hydrogens is 551 g/mol. The van der Waals surface area contributed by atoms with Crippen LogP contribution in [0.15, 0.2) is 66.7 Å². The number of piperazine rings is 1. The summed E-state index contributed by atoms with van der Waals surface area (Å²) in [5.41, 5.74) is 3.04. The Kier molecular flexibility index (Phi) is 8.91. The normalized spacial score (nSPS) is 15.3. The number of para-hydroxylation sites is 1. The van der Waals surface area contributed by atoms with Gasteiger partial charge in [-0.1, -0.05) is 53.5 Å². The molecule has 4 rings (SSSR count). The summed E-state index contributed by atoms with van der Waals surface area (Å²) >= 11 is 12.3. The maximum atomic E-state index is 12.8. The van der Waals surface area contributed by atoms with Crippen LogP contribution in [-0.4, -0.2) is 54.1 Å². The molecule has 0 unspecified atom stereocenters. The molecule has 0 bridgehead atoms. The van der Waals surface area contributed by atoms with Gasteiger partial charge < -0.3 is 25.5 Å². The van der Waals surface area contributed by atoms with Crippen molar-refractivity contribution in [2.75, 3.05) is 34.8 Å². The number of amides is 2. The number of hydrogen-bond acceptors (Lipinski definition) is 5. The Morgan fingerprint density at radius 3 is 2.25 bits per heavy atom. The Labute approximate surface area is 243 Å². The predicted molar refractivity (Wildman–Crippen MR) is 160 cm³/mol. The maximum absolute atomic E-state index is 12.8. The van der Waals surface area contributed by atoms with Crippen molar-refractivity contribution in [1.82, 2.24) is 5.32 Å². The Morgan fingerprint density at radius 2 is 1.65 bits per heavy atom. The number of carboxylic acids is 1. The number of carboxylic acid groups (broad SMARTS) is 1. The average Bonchev–Trinajstić information content (AvgIpc) is 2.88. The molecule has 40 heavy (non-hydrogen) atoms. The molecule has 0 spiro atoms. The highest BCUT2D eigenvalue weighted by Gasteiger charge is 2.35. The Morgan fingerprint density at radius 1 is 0.975 bits per heavy atom. The van der Waals surface area contributed by atoms with E-state index < -0.39 is 17.9 Å². The Hall–Kier alpha value is -3.75. The molecule has 3 N–H and O–H groups in total. The molecule has 210 valence electrons. The van der Waals surface area contributed by atoms with Crippen molar-refractivity contribution < 1.29 is 19.5 Å². The summed E-state index contributed by atoms with van der Waals surface area (Å²) in [6, 6.07) is 19.1. The molecular formula is C30H32Cl2N4O4. The van der Waals surface area contributed by atoms with Crippen LogP contribution in [-0.2, 0) is 16.0 Å². The number of carbonyl (C=O) groups excluding carboxylic acids is 2. The van der Waals surface area contributed by atoms with Crippen LogP contribution in [0.3, 0.4) is 0 Å². The van der Waals surface area contributed by atoms with Gasteiger partial charge in [0.25, 0.3) is 5.91 Å². The van der Waals surface area contributed by atoms with E-state index in [0.717, 1.165) is 24.5 Å². The van der Waals surface area contributed by atoms with Crippen LogP contribution < -0.4 is 20.4 Å². The third-order valence-electron chi connectivity index (χ3n) is 6.92. The summed E-state index contributed by atoms with van der Waals surface area (Å²) in [4.78, 5) is 41.6. The number of nitrogens with zero attached hydrogens (tertiary/aromatic N) is 2. The third kappa shape index (κ3) is 6.69. The molecule has 10 heteroatoms. The minimum Gasteiger partial charge on any atom is -0.480 e.